The first-order valence-electron chi connectivity index (χ1n) is 12.9. The molecule has 5 atom stereocenters. The van der Waals surface area contributed by atoms with Crippen LogP contribution in [-0.4, -0.2) is 98.3 Å². The minimum Gasteiger partial charge on any atom is -0.396 e. The molecule has 0 radical (unpaired) electrons. The fourth-order valence-electron chi connectivity index (χ4n) is 5.71. The van der Waals surface area contributed by atoms with Gasteiger partial charge >= 0.3 is 0 Å². The molecule has 0 bridgehead atoms. The summed E-state index contributed by atoms with van der Waals surface area (Å²) < 4.78 is 5.38. The summed E-state index contributed by atoms with van der Waals surface area (Å²) in [5, 5.41) is 14.9. The highest BCUT2D eigenvalue weighted by molar-refractivity contribution is 5.96. The second-order valence-corrected chi connectivity index (χ2v) is 9.59. The van der Waals surface area contributed by atoms with E-state index in [1.165, 1.54) is 0 Å². The Morgan fingerprint density at radius 1 is 1.12 bits per heavy atom. The predicted molar refractivity (Wildman–Crippen MR) is 129 cm³/mol. The number of aliphatic hydroxyl groups excluding tert-OH is 1. The second kappa shape index (κ2) is 13.2. The van der Waals surface area contributed by atoms with Crippen molar-refractivity contribution in [3.05, 3.63) is 12.2 Å². The van der Waals surface area contributed by atoms with Crippen LogP contribution >= 0.6 is 0 Å². The van der Waals surface area contributed by atoms with Gasteiger partial charge in [-0.1, -0.05) is 25.5 Å². The Bertz CT molecular complexity index is 724. The molecule has 2 saturated heterocycles. The van der Waals surface area contributed by atoms with Crippen LogP contribution in [0.3, 0.4) is 0 Å². The summed E-state index contributed by atoms with van der Waals surface area (Å²) >= 11 is 0. The van der Waals surface area contributed by atoms with Crippen molar-refractivity contribution in [3.8, 4) is 0 Å². The molecule has 0 unspecified atom stereocenters. The zero-order valence-corrected chi connectivity index (χ0v) is 20.7. The number of nitrogens with zero attached hydrogens (tertiary/aromatic N) is 2. The number of likely N-dealkylation sites (tertiary alicyclic amines) is 1. The van der Waals surface area contributed by atoms with Gasteiger partial charge in [0.15, 0.2) is 0 Å². The van der Waals surface area contributed by atoms with Gasteiger partial charge in [0, 0.05) is 52.3 Å². The molecule has 9 heteroatoms. The first kappa shape index (κ1) is 26.6. The lowest BCUT2D eigenvalue weighted by Crippen LogP contribution is -2.49. The summed E-state index contributed by atoms with van der Waals surface area (Å²) in [6.45, 7) is 7.04. The van der Waals surface area contributed by atoms with E-state index >= 15 is 0 Å². The van der Waals surface area contributed by atoms with Gasteiger partial charge in [0.2, 0.25) is 17.7 Å². The van der Waals surface area contributed by atoms with Crippen molar-refractivity contribution < 1.29 is 24.2 Å². The molecular formula is C25H42N4O5. The van der Waals surface area contributed by atoms with E-state index in [0.29, 0.717) is 32.7 Å². The first-order chi connectivity index (χ1) is 16.5. The van der Waals surface area contributed by atoms with Gasteiger partial charge in [-0.25, -0.2) is 0 Å². The summed E-state index contributed by atoms with van der Waals surface area (Å²) in [4.78, 5) is 44.0. The number of ether oxygens (including phenoxy) is 1. The van der Waals surface area contributed by atoms with Crippen LogP contribution in [0, 0.1) is 23.7 Å². The number of amides is 3. The summed E-state index contributed by atoms with van der Waals surface area (Å²) in [5.74, 6) is -1.67. The zero-order chi connectivity index (χ0) is 24.5. The standard InChI is InChI=1S/C25H42N4O5/c1-3-7-18-8-9-19-21(20(18)23(31)26-2)25(33)29(11-5-4-6-15-30)22(19)24(32)27-10-12-28-13-16-34-17-14-28/h8-9,18-22,30H,3-7,10-17H2,1-2H3,(H,26,31)(H,27,32)/t18-,19+,20-,21-,22+/m1/s1. The van der Waals surface area contributed by atoms with Gasteiger partial charge in [-0.3, -0.25) is 19.3 Å². The number of aliphatic hydroxyl groups is 1. The Balaban J connectivity index is 1.77. The number of nitrogens with one attached hydrogen (secondary N) is 2. The average molecular weight is 479 g/mol. The normalized spacial score (nSPS) is 29.2. The van der Waals surface area contributed by atoms with Crippen LogP contribution in [0.4, 0.5) is 0 Å². The van der Waals surface area contributed by atoms with Crippen molar-refractivity contribution in [2.45, 2.75) is 45.1 Å². The number of hydrogen-bond acceptors (Lipinski definition) is 6. The highest BCUT2D eigenvalue weighted by Crippen LogP contribution is 2.45. The molecule has 2 aliphatic heterocycles. The summed E-state index contributed by atoms with van der Waals surface area (Å²) in [6, 6.07) is -0.609. The molecule has 3 amide bonds. The van der Waals surface area contributed by atoms with Crippen LogP contribution in [0.2, 0.25) is 0 Å². The van der Waals surface area contributed by atoms with E-state index in [1.807, 2.05) is 6.08 Å². The first-order valence-corrected chi connectivity index (χ1v) is 12.9. The fourth-order valence-corrected chi connectivity index (χ4v) is 5.71. The molecule has 3 rings (SSSR count). The maximum absolute atomic E-state index is 13.7. The van der Waals surface area contributed by atoms with Gasteiger partial charge in [0.25, 0.3) is 0 Å². The lowest BCUT2D eigenvalue weighted by atomic mass is 9.68. The molecule has 2 fully saturated rings. The van der Waals surface area contributed by atoms with Crippen LogP contribution in [0.1, 0.15) is 39.0 Å². The van der Waals surface area contributed by atoms with Crippen molar-refractivity contribution in [2.75, 3.05) is 59.6 Å². The van der Waals surface area contributed by atoms with E-state index in [4.69, 9.17) is 9.84 Å². The van der Waals surface area contributed by atoms with Crippen LogP contribution < -0.4 is 10.6 Å². The minimum atomic E-state index is -0.609. The molecule has 192 valence electrons. The highest BCUT2D eigenvalue weighted by atomic mass is 16.5. The lowest BCUT2D eigenvalue weighted by molar-refractivity contribution is -0.140. The van der Waals surface area contributed by atoms with Gasteiger partial charge in [-0.05, 0) is 31.6 Å². The molecule has 0 aromatic heterocycles. The number of morpholine rings is 1. The quantitative estimate of drug-likeness (QED) is 0.276. The summed E-state index contributed by atoms with van der Waals surface area (Å²) in [7, 11) is 1.61. The molecule has 1 aliphatic carbocycles. The van der Waals surface area contributed by atoms with Crippen molar-refractivity contribution >= 4 is 17.7 Å². The van der Waals surface area contributed by atoms with Crippen molar-refractivity contribution in [3.63, 3.8) is 0 Å². The number of unbranched alkanes of at least 4 members (excludes halogenated alkanes) is 2. The number of allylic oxidation sites excluding steroid dienone is 1. The Morgan fingerprint density at radius 2 is 1.88 bits per heavy atom. The van der Waals surface area contributed by atoms with Crippen LogP contribution in [0.5, 0.6) is 0 Å². The average Bonchev–Trinajstić information content (AvgIpc) is 3.13. The highest BCUT2D eigenvalue weighted by Gasteiger charge is 2.56. The number of rotatable bonds is 12. The van der Waals surface area contributed by atoms with E-state index in [9.17, 15) is 14.4 Å². The molecule has 2 heterocycles. The molecule has 0 saturated carbocycles. The maximum atomic E-state index is 13.7. The molecule has 0 spiro atoms. The minimum absolute atomic E-state index is 0.00507. The van der Waals surface area contributed by atoms with Crippen molar-refractivity contribution in [1.82, 2.24) is 20.4 Å². The number of carbonyl (C=O) groups excluding carboxylic acids is 3. The third kappa shape index (κ3) is 6.17. The summed E-state index contributed by atoms with van der Waals surface area (Å²) in [6.07, 6.45) is 8.00. The second-order valence-electron chi connectivity index (χ2n) is 9.59. The van der Waals surface area contributed by atoms with Gasteiger partial charge < -0.3 is 25.4 Å². The molecule has 3 N–H and O–H groups in total. The lowest BCUT2D eigenvalue weighted by Gasteiger charge is -2.34. The largest absolute Gasteiger partial charge is 0.396 e. The molecular weight excluding hydrogens is 436 g/mol. The fraction of sp³-hybridized carbons (Fsp3) is 0.800. The maximum Gasteiger partial charge on any atom is 0.243 e. The zero-order valence-electron chi connectivity index (χ0n) is 20.7. The van der Waals surface area contributed by atoms with Crippen molar-refractivity contribution in [2.24, 2.45) is 23.7 Å². The monoisotopic (exact) mass is 478 g/mol. The Morgan fingerprint density at radius 3 is 2.56 bits per heavy atom. The van der Waals surface area contributed by atoms with E-state index in [1.54, 1.807) is 11.9 Å². The van der Waals surface area contributed by atoms with E-state index < -0.39 is 17.9 Å². The van der Waals surface area contributed by atoms with Crippen LogP contribution in [0.25, 0.3) is 0 Å². The van der Waals surface area contributed by atoms with E-state index in [0.717, 1.165) is 45.3 Å². The van der Waals surface area contributed by atoms with E-state index in [2.05, 4.69) is 28.5 Å². The molecule has 9 nitrogen and oxygen atoms in total. The number of fused-ring (bicyclic) bond motifs is 1. The number of hydrogen-bond donors (Lipinski definition) is 3. The predicted octanol–water partition coefficient (Wildman–Crippen LogP) is 0.389. The molecule has 34 heavy (non-hydrogen) atoms. The van der Waals surface area contributed by atoms with Gasteiger partial charge in [0.05, 0.1) is 25.0 Å². The van der Waals surface area contributed by atoms with Gasteiger partial charge in [-0.2, -0.15) is 0 Å². The van der Waals surface area contributed by atoms with Gasteiger partial charge in [0.1, 0.15) is 6.04 Å². The SMILES string of the molecule is CCC[C@@H]1C=C[C@H]2[C@@H](C(=O)N(CCCCCO)[C@@H]2C(=O)NCCN2CCOCC2)[C@@H]1C(=O)NC. The third-order valence-electron chi connectivity index (χ3n) is 7.44. The molecule has 0 aromatic rings. The van der Waals surface area contributed by atoms with Crippen LogP contribution in [0.15, 0.2) is 12.2 Å². The summed E-state index contributed by atoms with van der Waals surface area (Å²) in [5.41, 5.74) is 0. The smallest absolute Gasteiger partial charge is 0.243 e. The van der Waals surface area contributed by atoms with Gasteiger partial charge in [-0.15, -0.1) is 0 Å². The topological polar surface area (TPSA) is 111 Å². The third-order valence-corrected chi connectivity index (χ3v) is 7.44. The number of carbonyl (C=O) groups is 3. The Hall–Kier alpha value is -1.97. The van der Waals surface area contributed by atoms with E-state index in [-0.39, 0.29) is 36.2 Å². The molecule has 0 aromatic carbocycles. The molecule has 3 aliphatic rings. The van der Waals surface area contributed by atoms with Crippen molar-refractivity contribution in [1.29, 1.82) is 0 Å². The van der Waals surface area contributed by atoms with Crippen LogP contribution in [-0.2, 0) is 19.1 Å². The Labute approximate surface area is 203 Å². The Kier molecular flexibility index (Phi) is 10.3.